The largest absolute Gasteiger partial charge is 0.395 e. The smallest absolute Gasteiger partial charge is 0.0807 e. The molecule has 0 saturated heterocycles. The number of aliphatic hydroxyl groups excluding tert-OH is 3. The summed E-state index contributed by atoms with van der Waals surface area (Å²) in [7, 11) is 0. The van der Waals surface area contributed by atoms with Crippen molar-refractivity contribution in [2.45, 2.75) is 341 Å². The highest BCUT2D eigenvalue weighted by molar-refractivity contribution is 5.04. The first-order valence-electron chi connectivity index (χ1n) is 28.6. The van der Waals surface area contributed by atoms with Crippen LogP contribution in [0.1, 0.15) is 329 Å². The van der Waals surface area contributed by atoms with Gasteiger partial charge in [-0.25, -0.2) is 0 Å². The molecule has 1 atom stereocenters. The molecule has 61 heavy (non-hydrogen) atoms. The number of rotatable bonds is 53. The molecule has 0 saturated carbocycles. The second kappa shape index (κ2) is 47.8. The second-order valence-corrected chi connectivity index (χ2v) is 20.3. The molecule has 0 spiro atoms. The molecular weight excluding hydrogens is 749 g/mol. The number of unbranched alkanes of at least 4 members (excludes halogenated alkanes) is 40. The molecule has 4 heteroatoms. The van der Waals surface area contributed by atoms with E-state index in [-0.39, 0.29) is 13.2 Å². The van der Waals surface area contributed by atoms with Gasteiger partial charge in [0.05, 0.1) is 30.3 Å². The van der Waals surface area contributed by atoms with Crippen LogP contribution in [0.5, 0.6) is 0 Å². The average Bonchev–Trinajstić information content (AvgIpc) is 3.27. The van der Waals surface area contributed by atoms with Crippen LogP contribution in [0.15, 0.2) is 0 Å². The minimum absolute atomic E-state index is 0.211. The van der Waals surface area contributed by atoms with Crippen molar-refractivity contribution < 1.29 is 20.1 Å². The lowest BCUT2D eigenvalue weighted by Crippen LogP contribution is -2.61. The van der Waals surface area contributed by atoms with Crippen LogP contribution in [0, 0.1) is 5.41 Å². The molecule has 0 aromatic heterocycles. The first-order chi connectivity index (χ1) is 30.0. The quantitative estimate of drug-likeness (QED) is 0.0533. The SMILES string of the molecule is CCCCCCCCCCCCCOC(CCCCCCCCCCCCC)(CCCCCCCCCCCCC)C(CO)(CO)C(O)CCCCCCCCCCCCC. The van der Waals surface area contributed by atoms with Crippen molar-refractivity contribution in [1.29, 1.82) is 0 Å². The van der Waals surface area contributed by atoms with Gasteiger partial charge in [-0.3, -0.25) is 0 Å². The van der Waals surface area contributed by atoms with Crippen LogP contribution in [-0.4, -0.2) is 46.8 Å². The first kappa shape index (κ1) is 60.8. The van der Waals surface area contributed by atoms with Gasteiger partial charge in [-0.05, 0) is 25.7 Å². The molecule has 0 rings (SSSR count). The van der Waals surface area contributed by atoms with Gasteiger partial charge < -0.3 is 20.1 Å². The van der Waals surface area contributed by atoms with Gasteiger partial charge in [0.2, 0.25) is 0 Å². The fourth-order valence-electron chi connectivity index (χ4n) is 10.2. The fraction of sp³-hybridized carbons (Fsp3) is 1.00. The van der Waals surface area contributed by atoms with Crippen molar-refractivity contribution >= 4 is 0 Å². The maximum Gasteiger partial charge on any atom is 0.0807 e. The van der Waals surface area contributed by atoms with Crippen LogP contribution in [0.4, 0.5) is 0 Å². The van der Waals surface area contributed by atoms with E-state index in [1.54, 1.807) is 0 Å². The van der Waals surface area contributed by atoms with Crippen molar-refractivity contribution in [2.75, 3.05) is 19.8 Å². The Bertz CT molecular complexity index is 785. The third kappa shape index (κ3) is 33.9. The maximum absolute atomic E-state index is 12.2. The van der Waals surface area contributed by atoms with E-state index in [1.165, 1.54) is 250 Å². The first-order valence-corrected chi connectivity index (χ1v) is 28.6. The molecule has 0 radical (unpaired) electrons. The summed E-state index contributed by atoms with van der Waals surface area (Å²) < 4.78 is 7.19. The van der Waals surface area contributed by atoms with Gasteiger partial charge in [0.25, 0.3) is 0 Å². The molecule has 0 aromatic rings. The van der Waals surface area contributed by atoms with Gasteiger partial charge in [-0.1, -0.05) is 304 Å². The van der Waals surface area contributed by atoms with E-state index in [4.69, 9.17) is 4.74 Å². The van der Waals surface area contributed by atoms with Crippen molar-refractivity contribution in [3.8, 4) is 0 Å². The Labute approximate surface area is 385 Å². The summed E-state index contributed by atoms with van der Waals surface area (Å²) in [6.07, 6.45) is 58.5. The zero-order valence-corrected chi connectivity index (χ0v) is 42.7. The van der Waals surface area contributed by atoms with Gasteiger partial charge in [0.15, 0.2) is 0 Å². The topological polar surface area (TPSA) is 69.9 Å². The summed E-state index contributed by atoms with van der Waals surface area (Å²) in [5.41, 5.74) is -1.75. The molecule has 0 amide bonds. The number of hydrogen-bond donors (Lipinski definition) is 3. The normalized spacial score (nSPS) is 12.8. The average molecular weight is 866 g/mol. The van der Waals surface area contributed by atoms with Gasteiger partial charge in [0, 0.05) is 6.61 Å². The zero-order valence-electron chi connectivity index (χ0n) is 42.7. The maximum atomic E-state index is 12.2. The molecule has 0 aliphatic carbocycles. The standard InChI is InChI=1S/C57H116O4/c1-5-9-13-17-21-25-29-33-37-41-45-49-55(60)56(53-58,54-59)57(50-46-42-38-34-30-26-22-18-14-10-6-2,51-47-43-39-35-31-27-23-19-15-11-7-3)61-52-48-44-40-36-32-28-24-20-16-12-8-4/h55,58-60H,5-54H2,1-4H3. The molecule has 0 bridgehead atoms. The summed E-state index contributed by atoms with van der Waals surface area (Å²) in [4.78, 5) is 0. The van der Waals surface area contributed by atoms with Crippen LogP contribution in [0.3, 0.4) is 0 Å². The van der Waals surface area contributed by atoms with E-state index in [0.717, 1.165) is 44.9 Å². The van der Waals surface area contributed by atoms with Gasteiger partial charge in [-0.2, -0.15) is 0 Å². The van der Waals surface area contributed by atoms with Crippen molar-refractivity contribution in [3.05, 3.63) is 0 Å². The summed E-state index contributed by atoms with van der Waals surface area (Å²) in [6.45, 7) is 9.41. The molecule has 0 aliphatic rings. The van der Waals surface area contributed by atoms with Crippen LogP contribution < -0.4 is 0 Å². The summed E-state index contributed by atoms with van der Waals surface area (Å²) in [5, 5.41) is 35.0. The molecular formula is C57H116O4. The Morgan fingerprint density at radius 2 is 0.541 bits per heavy atom. The molecule has 368 valence electrons. The molecule has 0 heterocycles. The number of aliphatic hydroxyl groups is 3. The summed E-state index contributed by atoms with van der Waals surface area (Å²) in [5.74, 6) is 0. The molecule has 4 nitrogen and oxygen atoms in total. The molecule has 0 aliphatic heterocycles. The minimum atomic E-state index is -1.04. The van der Waals surface area contributed by atoms with Crippen LogP contribution in [0.25, 0.3) is 0 Å². The van der Waals surface area contributed by atoms with Crippen molar-refractivity contribution in [3.63, 3.8) is 0 Å². The lowest BCUT2D eigenvalue weighted by molar-refractivity contribution is -0.219. The van der Waals surface area contributed by atoms with Crippen molar-refractivity contribution in [1.82, 2.24) is 0 Å². The minimum Gasteiger partial charge on any atom is -0.395 e. The Kier molecular flexibility index (Phi) is 47.7. The van der Waals surface area contributed by atoms with E-state index in [0.29, 0.717) is 13.0 Å². The van der Waals surface area contributed by atoms with E-state index < -0.39 is 17.1 Å². The third-order valence-electron chi connectivity index (χ3n) is 14.7. The lowest BCUT2D eigenvalue weighted by Gasteiger charge is -2.52. The van der Waals surface area contributed by atoms with E-state index >= 15 is 0 Å². The van der Waals surface area contributed by atoms with E-state index in [2.05, 4.69) is 27.7 Å². The molecule has 0 fully saturated rings. The molecule has 3 N–H and O–H groups in total. The van der Waals surface area contributed by atoms with E-state index in [9.17, 15) is 15.3 Å². The number of hydrogen-bond acceptors (Lipinski definition) is 4. The predicted molar refractivity (Wildman–Crippen MR) is 271 cm³/mol. The summed E-state index contributed by atoms with van der Waals surface area (Å²) in [6, 6.07) is 0. The number of ether oxygens (including phenoxy) is 1. The lowest BCUT2D eigenvalue weighted by atomic mass is 9.63. The van der Waals surface area contributed by atoms with Gasteiger partial charge in [-0.15, -0.1) is 0 Å². The Hall–Kier alpha value is -0.160. The van der Waals surface area contributed by atoms with Crippen LogP contribution in [-0.2, 0) is 4.74 Å². The Morgan fingerprint density at radius 1 is 0.311 bits per heavy atom. The highest BCUT2D eigenvalue weighted by Crippen LogP contribution is 2.47. The van der Waals surface area contributed by atoms with Gasteiger partial charge >= 0.3 is 0 Å². The summed E-state index contributed by atoms with van der Waals surface area (Å²) >= 11 is 0. The zero-order chi connectivity index (χ0) is 44.6. The Balaban J connectivity index is 5.64. The van der Waals surface area contributed by atoms with E-state index in [1.807, 2.05) is 0 Å². The fourth-order valence-corrected chi connectivity index (χ4v) is 10.2. The monoisotopic (exact) mass is 865 g/mol. The van der Waals surface area contributed by atoms with Gasteiger partial charge in [0.1, 0.15) is 0 Å². The van der Waals surface area contributed by atoms with Crippen LogP contribution >= 0.6 is 0 Å². The van der Waals surface area contributed by atoms with Crippen LogP contribution in [0.2, 0.25) is 0 Å². The highest BCUT2D eigenvalue weighted by atomic mass is 16.5. The van der Waals surface area contributed by atoms with Crippen molar-refractivity contribution in [2.24, 2.45) is 5.41 Å². The molecule has 0 aromatic carbocycles. The predicted octanol–water partition coefficient (Wildman–Crippen LogP) is 18.5. The Morgan fingerprint density at radius 3 is 0.803 bits per heavy atom. The second-order valence-electron chi connectivity index (χ2n) is 20.3. The highest BCUT2D eigenvalue weighted by Gasteiger charge is 2.55. The third-order valence-corrected chi connectivity index (χ3v) is 14.7. The molecule has 1 unspecified atom stereocenters.